The molecule has 1 rings (SSSR count). The predicted octanol–water partition coefficient (Wildman–Crippen LogP) is 4.81. The molecule has 0 saturated carbocycles. The maximum Gasteiger partial charge on any atom is 0.315 e. The first-order valence-corrected chi connectivity index (χ1v) is 7.18. The van der Waals surface area contributed by atoms with Gasteiger partial charge in [0.2, 0.25) is 0 Å². The summed E-state index contributed by atoms with van der Waals surface area (Å²) in [6.45, 7) is 6.10. The van der Waals surface area contributed by atoms with E-state index in [1.54, 1.807) is 0 Å². The van der Waals surface area contributed by atoms with Gasteiger partial charge in [0.25, 0.3) is 0 Å². The van der Waals surface area contributed by atoms with Crippen molar-refractivity contribution in [1.82, 2.24) is 0 Å². The molecule has 0 radical (unpaired) electrons. The number of hydrogen-bond acceptors (Lipinski definition) is 2. The molecule has 0 saturated heterocycles. The van der Waals surface area contributed by atoms with Gasteiger partial charge in [-0.3, -0.25) is 4.79 Å². The number of hydrogen-bond donors (Lipinski definition) is 0. The highest BCUT2D eigenvalue weighted by Crippen LogP contribution is 2.09. The van der Waals surface area contributed by atoms with Crippen LogP contribution < -0.4 is 0 Å². The van der Waals surface area contributed by atoms with Gasteiger partial charge in [0.1, 0.15) is 5.76 Å². The van der Waals surface area contributed by atoms with Crippen LogP contribution in [0, 0.1) is 0 Å². The summed E-state index contributed by atoms with van der Waals surface area (Å²) in [4.78, 5) is 11.7. The molecule has 20 heavy (non-hydrogen) atoms. The van der Waals surface area contributed by atoms with E-state index in [2.05, 4.69) is 19.9 Å². The van der Waals surface area contributed by atoms with Crippen molar-refractivity contribution in [3.8, 4) is 0 Å². The lowest BCUT2D eigenvalue weighted by Gasteiger charge is -2.05. The summed E-state index contributed by atoms with van der Waals surface area (Å²) < 4.78 is 5.30. The lowest BCUT2D eigenvalue weighted by atomic mass is 10.1. The third kappa shape index (κ3) is 6.93. The SMILES string of the molecule is CC/C=C(\C)CC/C=C(\C)OC(=O)Cc1ccccc1. The molecule has 0 amide bonds. The van der Waals surface area contributed by atoms with E-state index in [0.717, 1.165) is 24.8 Å². The van der Waals surface area contributed by atoms with Gasteiger partial charge < -0.3 is 4.74 Å². The molecule has 0 atom stereocenters. The van der Waals surface area contributed by atoms with Crippen LogP contribution in [0.1, 0.15) is 45.6 Å². The van der Waals surface area contributed by atoms with Crippen molar-refractivity contribution in [2.75, 3.05) is 0 Å². The molecule has 0 aliphatic carbocycles. The number of benzene rings is 1. The van der Waals surface area contributed by atoms with Gasteiger partial charge in [0.05, 0.1) is 6.42 Å². The quantitative estimate of drug-likeness (QED) is 0.404. The number of rotatable bonds is 7. The van der Waals surface area contributed by atoms with E-state index >= 15 is 0 Å². The monoisotopic (exact) mass is 272 g/mol. The van der Waals surface area contributed by atoms with Crippen molar-refractivity contribution in [3.05, 3.63) is 59.4 Å². The molecule has 0 aromatic heterocycles. The van der Waals surface area contributed by atoms with Crippen LogP contribution in [0.4, 0.5) is 0 Å². The van der Waals surface area contributed by atoms with Crippen molar-refractivity contribution in [1.29, 1.82) is 0 Å². The smallest absolute Gasteiger partial charge is 0.315 e. The van der Waals surface area contributed by atoms with Crippen molar-refractivity contribution in [2.45, 2.75) is 46.5 Å². The highest BCUT2D eigenvalue weighted by Gasteiger charge is 2.05. The van der Waals surface area contributed by atoms with E-state index < -0.39 is 0 Å². The molecule has 2 nitrogen and oxygen atoms in total. The van der Waals surface area contributed by atoms with Crippen LogP contribution in [0.5, 0.6) is 0 Å². The van der Waals surface area contributed by atoms with Gasteiger partial charge >= 0.3 is 5.97 Å². The van der Waals surface area contributed by atoms with E-state index in [9.17, 15) is 4.79 Å². The van der Waals surface area contributed by atoms with Gasteiger partial charge in [-0.1, -0.05) is 48.9 Å². The van der Waals surface area contributed by atoms with Crippen LogP contribution in [-0.2, 0) is 16.0 Å². The number of allylic oxidation sites excluding steroid dienone is 4. The summed E-state index contributed by atoms with van der Waals surface area (Å²) in [7, 11) is 0. The second-order valence-electron chi connectivity index (χ2n) is 4.95. The predicted molar refractivity (Wildman–Crippen MR) is 83.3 cm³/mol. The fourth-order valence-corrected chi connectivity index (χ4v) is 1.97. The summed E-state index contributed by atoms with van der Waals surface area (Å²) in [5, 5.41) is 0. The van der Waals surface area contributed by atoms with Crippen molar-refractivity contribution < 1.29 is 9.53 Å². The number of esters is 1. The average Bonchev–Trinajstić information content (AvgIpc) is 2.39. The molecule has 0 unspecified atom stereocenters. The Labute approximate surface area is 122 Å². The molecule has 0 aliphatic heterocycles. The second-order valence-corrected chi connectivity index (χ2v) is 4.95. The van der Waals surface area contributed by atoms with Crippen LogP contribution in [0.15, 0.2) is 53.8 Å². The Balaban J connectivity index is 2.36. The van der Waals surface area contributed by atoms with Gasteiger partial charge in [0.15, 0.2) is 0 Å². The zero-order valence-corrected chi connectivity index (χ0v) is 12.7. The normalized spacial score (nSPS) is 12.3. The Kier molecular flexibility index (Phi) is 7.41. The lowest BCUT2D eigenvalue weighted by Crippen LogP contribution is -2.06. The zero-order valence-electron chi connectivity index (χ0n) is 12.7. The van der Waals surface area contributed by atoms with Gasteiger partial charge in [-0.25, -0.2) is 0 Å². The number of ether oxygens (including phenoxy) is 1. The zero-order chi connectivity index (χ0) is 14.8. The average molecular weight is 272 g/mol. The van der Waals surface area contributed by atoms with Gasteiger partial charge in [-0.05, 0) is 44.7 Å². The molecule has 0 bridgehead atoms. The minimum absolute atomic E-state index is 0.203. The molecule has 0 N–H and O–H groups in total. The van der Waals surface area contributed by atoms with Crippen LogP contribution in [0.2, 0.25) is 0 Å². The molecule has 0 fully saturated rings. The van der Waals surface area contributed by atoms with Crippen LogP contribution in [-0.4, -0.2) is 5.97 Å². The molecule has 0 spiro atoms. The first kappa shape index (κ1) is 16.2. The van der Waals surface area contributed by atoms with E-state index in [1.807, 2.05) is 43.3 Å². The minimum Gasteiger partial charge on any atom is -0.431 e. The van der Waals surface area contributed by atoms with Gasteiger partial charge in [-0.2, -0.15) is 0 Å². The number of carbonyl (C=O) groups excluding carboxylic acids is 1. The van der Waals surface area contributed by atoms with E-state index in [-0.39, 0.29) is 5.97 Å². The fourth-order valence-electron chi connectivity index (χ4n) is 1.97. The molecule has 2 heteroatoms. The third-order valence-corrected chi connectivity index (χ3v) is 2.99. The Morgan fingerprint density at radius 3 is 2.50 bits per heavy atom. The van der Waals surface area contributed by atoms with Crippen LogP contribution in [0.25, 0.3) is 0 Å². The fraction of sp³-hybridized carbons (Fsp3) is 0.389. The second kappa shape index (κ2) is 9.13. The Morgan fingerprint density at radius 2 is 1.85 bits per heavy atom. The first-order valence-electron chi connectivity index (χ1n) is 7.18. The summed E-state index contributed by atoms with van der Waals surface area (Å²) in [5.41, 5.74) is 2.36. The van der Waals surface area contributed by atoms with Crippen molar-refractivity contribution in [2.24, 2.45) is 0 Å². The standard InChI is InChI=1S/C18H24O2/c1-4-9-15(2)10-8-11-16(3)20-18(19)14-17-12-6-5-7-13-17/h5-7,9,11-13H,4,8,10,14H2,1-3H3/b15-9+,16-11+. The summed E-state index contributed by atoms with van der Waals surface area (Å²) in [6, 6.07) is 9.65. The molecular weight excluding hydrogens is 248 g/mol. The molecule has 0 heterocycles. The molecular formula is C18H24O2. The maximum atomic E-state index is 11.7. The Bertz CT molecular complexity index is 469. The van der Waals surface area contributed by atoms with Crippen LogP contribution >= 0.6 is 0 Å². The van der Waals surface area contributed by atoms with E-state index in [1.165, 1.54) is 5.57 Å². The van der Waals surface area contributed by atoms with Crippen molar-refractivity contribution in [3.63, 3.8) is 0 Å². The van der Waals surface area contributed by atoms with Gasteiger partial charge in [-0.15, -0.1) is 0 Å². The third-order valence-electron chi connectivity index (χ3n) is 2.99. The summed E-state index contributed by atoms with van der Waals surface area (Å²) >= 11 is 0. The highest BCUT2D eigenvalue weighted by molar-refractivity contribution is 5.73. The highest BCUT2D eigenvalue weighted by atomic mass is 16.5. The summed E-state index contributed by atoms with van der Waals surface area (Å²) in [5.74, 6) is 0.487. The van der Waals surface area contributed by atoms with Gasteiger partial charge in [0, 0.05) is 0 Å². The van der Waals surface area contributed by atoms with Crippen LogP contribution in [0.3, 0.4) is 0 Å². The lowest BCUT2D eigenvalue weighted by molar-refractivity contribution is -0.138. The number of carbonyl (C=O) groups is 1. The molecule has 108 valence electrons. The summed E-state index contributed by atoms with van der Waals surface area (Å²) in [6.07, 6.45) is 7.52. The Morgan fingerprint density at radius 1 is 1.15 bits per heavy atom. The van der Waals surface area contributed by atoms with E-state index in [4.69, 9.17) is 4.74 Å². The molecule has 1 aromatic rings. The van der Waals surface area contributed by atoms with E-state index in [0.29, 0.717) is 12.2 Å². The van der Waals surface area contributed by atoms with Crippen molar-refractivity contribution >= 4 is 5.97 Å². The maximum absolute atomic E-state index is 11.7. The first-order chi connectivity index (χ1) is 9.61. The minimum atomic E-state index is -0.203. The topological polar surface area (TPSA) is 26.3 Å². The largest absolute Gasteiger partial charge is 0.431 e. The molecule has 1 aromatic carbocycles. The molecule has 0 aliphatic rings. The Hall–Kier alpha value is -1.83.